The maximum atomic E-state index is 13.0. The number of carbonyl (C=O) groups excluding carboxylic acids is 1. The Kier molecular flexibility index (Phi) is 5.78. The zero-order valence-corrected chi connectivity index (χ0v) is 13.1. The molecule has 0 saturated heterocycles. The fraction of sp³-hybridized carbons (Fsp3) is 0.235. The summed E-state index contributed by atoms with van der Waals surface area (Å²) in [4.78, 5) is 11.9. The summed E-state index contributed by atoms with van der Waals surface area (Å²) in [5.41, 5.74) is 2.75. The van der Waals surface area contributed by atoms with Crippen LogP contribution in [0.4, 0.5) is 15.8 Å². The number of benzene rings is 2. The molecule has 0 heterocycles. The first-order chi connectivity index (χ1) is 10.6. The molecule has 2 aromatic carbocycles. The number of anilines is 2. The summed E-state index contributed by atoms with van der Waals surface area (Å²) in [5, 5.41) is 5.94. The third-order valence-electron chi connectivity index (χ3n) is 3.27. The maximum absolute atomic E-state index is 13.0. The fourth-order valence-electron chi connectivity index (χ4n) is 2.11. The van der Waals surface area contributed by atoms with Gasteiger partial charge < -0.3 is 10.6 Å². The number of hydrogen-bond acceptors (Lipinski definition) is 2. The molecule has 1 amide bonds. The monoisotopic (exact) mass is 320 g/mol. The Morgan fingerprint density at radius 2 is 2.00 bits per heavy atom. The van der Waals surface area contributed by atoms with Crippen LogP contribution in [0.15, 0.2) is 42.5 Å². The van der Waals surface area contributed by atoms with Crippen molar-refractivity contribution in [2.75, 3.05) is 17.2 Å². The van der Waals surface area contributed by atoms with Gasteiger partial charge in [0.1, 0.15) is 5.82 Å². The molecule has 2 aromatic rings. The van der Waals surface area contributed by atoms with Crippen molar-refractivity contribution in [3.63, 3.8) is 0 Å². The number of halogens is 2. The zero-order chi connectivity index (χ0) is 15.9. The van der Waals surface area contributed by atoms with E-state index in [2.05, 4.69) is 23.6 Å². The number of carbonyl (C=O) groups is 1. The van der Waals surface area contributed by atoms with Crippen molar-refractivity contribution in [3.05, 3.63) is 58.9 Å². The first-order valence-electron chi connectivity index (χ1n) is 7.17. The lowest BCUT2D eigenvalue weighted by atomic mass is 10.1. The van der Waals surface area contributed by atoms with Crippen LogP contribution < -0.4 is 10.6 Å². The zero-order valence-electron chi connectivity index (χ0n) is 12.3. The van der Waals surface area contributed by atoms with E-state index in [-0.39, 0.29) is 10.9 Å². The number of para-hydroxylation sites is 1. The second-order valence-corrected chi connectivity index (χ2v) is 5.27. The van der Waals surface area contributed by atoms with Crippen LogP contribution in [0.5, 0.6) is 0 Å². The van der Waals surface area contributed by atoms with Crippen molar-refractivity contribution in [2.45, 2.75) is 19.8 Å². The molecule has 2 N–H and O–H groups in total. The van der Waals surface area contributed by atoms with E-state index in [4.69, 9.17) is 11.6 Å². The summed E-state index contributed by atoms with van der Waals surface area (Å²) in [7, 11) is 0. The second kappa shape index (κ2) is 7.80. The molecule has 0 aromatic heterocycles. The first-order valence-corrected chi connectivity index (χ1v) is 7.54. The molecular formula is C17H18ClFN2O. The van der Waals surface area contributed by atoms with Crippen LogP contribution >= 0.6 is 11.6 Å². The van der Waals surface area contributed by atoms with E-state index in [1.165, 1.54) is 23.8 Å². The summed E-state index contributed by atoms with van der Waals surface area (Å²) < 4.78 is 13.0. The number of amides is 1. The molecule has 22 heavy (non-hydrogen) atoms. The molecule has 0 spiro atoms. The van der Waals surface area contributed by atoms with Gasteiger partial charge in [-0.05, 0) is 36.2 Å². The third-order valence-corrected chi connectivity index (χ3v) is 3.56. The Labute approximate surface area is 134 Å². The van der Waals surface area contributed by atoms with Crippen LogP contribution in [0.2, 0.25) is 5.02 Å². The van der Waals surface area contributed by atoms with Crippen LogP contribution in [0.25, 0.3) is 0 Å². The largest absolute Gasteiger partial charge is 0.384 e. The number of rotatable bonds is 6. The molecule has 3 nitrogen and oxygen atoms in total. The summed E-state index contributed by atoms with van der Waals surface area (Å²) in [6, 6.07) is 12.1. The van der Waals surface area contributed by atoms with Gasteiger partial charge >= 0.3 is 0 Å². The van der Waals surface area contributed by atoms with Gasteiger partial charge in [-0.3, -0.25) is 4.79 Å². The van der Waals surface area contributed by atoms with E-state index < -0.39 is 5.82 Å². The van der Waals surface area contributed by atoms with Gasteiger partial charge in [0.2, 0.25) is 5.91 Å². The first kappa shape index (κ1) is 16.3. The number of aryl methyl sites for hydroxylation is 1. The van der Waals surface area contributed by atoms with Gasteiger partial charge in [0.25, 0.3) is 0 Å². The number of hydrogen-bond donors (Lipinski definition) is 2. The van der Waals surface area contributed by atoms with E-state index in [1.807, 2.05) is 18.2 Å². The quantitative estimate of drug-likeness (QED) is 0.823. The molecule has 0 atom stereocenters. The highest BCUT2D eigenvalue weighted by Crippen LogP contribution is 2.19. The van der Waals surface area contributed by atoms with Gasteiger partial charge in [-0.15, -0.1) is 0 Å². The molecular weight excluding hydrogens is 303 g/mol. The van der Waals surface area contributed by atoms with Crippen molar-refractivity contribution in [1.29, 1.82) is 0 Å². The third kappa shape index (κ3) is 4.46. The van der Waals surface area contributed by atoms with Crippen LogP contribution in [-0.4, -0.2) is 12.5 Å². The Hall–Kier alpha value is -2.07. The van der Waals surface area contributed by atoms with E-state index in [0.717, 1.165) is 12.1 Å². The number of nitrogens with one attached hydrogen (secondary N) is 2. The minimum atomic E-state index is -0.502. The molecule has 2 rings (SSSR count). The summed E-state index contributed by atoms with van der Waals surface area (Å²) in [6.07, 6.45) is 1.25. The summed E-state index contributed by atoms with van der Waals surface area (Å²) >= 11 is 5.68. The standard InChI is InChI=1S/C17H18ClFN2O/c1-2-12-5-3-4-6-16(12)20-10-9-17(22)21-13-7-8-15(19)14(18)11-13/h3-8,11,20H,2,9-10H2,1H3,(H,21,22). The van der Waals surface area contributed by atoms with Crippen molar-refractivity contribution in [1.82, 2.24) is 0 Å². The van der Waals surface area contributed by atoms with Crippen molar-refractivity contribution >= 4 is 28.9 Å². The predicted molar refractivity (Wildman–Crippen MR) is 89.0 cm³/mol. The van der Waals surface area contributed by atoms with Crippen molar-refractivity contribution in [2.24, 2.45) is 0 Å². The SMILES string of the molecule is CCc1ccccc1NCCC(=O)Nc1ccc(F)c(Cl)c1. The van der Waals surface area contributed by atoms with Gasteiger partial charge in [0, 0.05) is 24.3 Å². The van der Waals surface area contributed by atoms with Crippen molar-refractivity contribution < 1.29 is 9.18 Å². The molecule has 5 heteroatoms. The predicted octanol–water partition coefficient (Wildman–Crippen LogP) is 4.48. The van der Waals surface area contributed by atoms with Gasteiger partial charge in [-0.2, -0.15) is 0 Å². The van der Waals surface area contributed by atoms with Crippen LogP contribution in [0.1, 0.15) is 18.9 Å². The Morgan fingerprint density at radius 3 is 2.73 bits per heavy atom. The topological polar surface area (TPSA) is 41.1 Å². The van der Waals surface area contributed by atoms with Crippen LogP contribution in [0, 0.1) is 5.82 Å². The Morgan fingerprint density at radius 1 is 1.23 bits per heavy atom. The highest BCUT2D eigenvalue weighted by molar-refractivity contribution is 6.31. The maximum Gasteiger partial charge on any atom is 0.226 e. The summed E-state index contributed by atoms with van der Waals surface area (Å²) in [6.45, 7) is 2.61. The molecule has 0 fully saturated rings. The lowest BCUT2D eigenvalue weighted by Gasteiger charge is -2.11. The van der Waals surface area contributed by atoms with Gasteiger partial charge in [-0.1, -0.05) is 36.7 Å². The highest BCUT2D eigenvalue weighted by atomic mass is 35.5. The summed E-state index contributed by atoms with van der Waals surface area (Å²) in [5.74, 6) is -0.651. The van der Waals surface area contributed by atoms with Crippen LogP contribution in [0.3, 0.4) is 0 Å². The van der Waals surface area contributed by atoms with Crippen LogP contribution in [-0.2, 0) is 11.2 Å². The molecule has 0 aliphatic carbocycles. The minimum Gasteiger partial charge on any atom is -0.384 e. The highest BCUT2D eigenvalue weighted by Gasteiger charge is 2.06. The van der Waals surface area contributed by atoms with E-state index >= 15 is 0 Å². The van der Waals surface area contributed by atoms with Gasteiger partial charge in [0.15, 0.2) is 0 Å². The molecule has 0 unspecified atom stereocenters. The normalized spacial score (nSPS) is 10.3. The molecule has 0 bridgehead atoms. The average Bonchev–Trinajstić information content (AvgIpc) is 2.51. The van der Waals surface area contributed by atoms with Crippen molar-refractivity contribution in [3.8, 4) is 0 Å². The van der Waals surface area contributed by atoms with E-state index in [1.54, 1.807) is 0 Å². The molecule has 0 radical (unpaired) electrons. The van der Waals surface area contributed by atoms with E-state index in [0.29, 0.717) is 18.7 Å². The second-order valence-electron chi connectivity index (χ2n) is 4.86. The molecule has 0 aliphatic rings. The molecule has 0 saturated carbocycles. The minimum absolute atomic E-state index is 0.00667. The fourth-order valence-corrected chi connectivity index (χ4v) is 2.29. The average molecular weight is 321 g/mol. The lowest BCUT2D eigenvalue weighted by molar-refractivity contribution is -0.115. The Balaban J connectivity index is 1.84. The van der Waals surface area contributed by atoms with Gasteiger partial charge in [0.05, 0.1) is 5.02 Å². The lowest BCUT2D eigenvalue weighted by Crippen LogP contribution is -2.16. The molecule has 0 aliphatic heterocycles. The van der Waals surface area contributed by atoms with E-state index in [9.17, 15) is 9.18 Å². The Bertz CT molecular complexity index is 661. The van der Waals surface area contributed by atoms with Gasteiger partial charge in [-0.25, -0.2) is 4.39 Å². The smallest absolute Gasteiger partial charge is 0.226 e. The molecule has 116 valence electrons.